The molecule has 0 spiro atoms. The molecule has 1 saturated carbocycles. The molecule has 3 rings (SSSR count). The summed E-state index contributed by atoms with van der Waals surface area (Å²) in [4.78, 5) is 4.70. The third-order valence-electron chi connectivity index (χ3n) is 3.88. The highest BCUT2D eigenvalue weighted by Crippen LogP contribution is 2.35. The maximum Gasteiger partial charge on any atom is 0.141 e. The third-order valence-corrected chi connectivity index (χ3v) is 3.88. The summed E-state index contributed by atoms with van der Waals surface area (Å²) in [7, 11) is 2.01. The molecular formula is C14H18N2O. The van der Waals surface area contributed by atoms with Gasteiger partial charge in [-0.2, -0.15) is 0 Å². The number of nitrogens with zero attached hydrogens (tertiary/aromatic N) is 2. The summed E-state index contributed by atoms with van der Waals surface area (Å²) in [5.74, 6) is 2.04. The lowest BCUT2D eigenvalue weighted by atomic mass is 9.89. The Labute approximate surface area is 101 Å². The molecule has 17 heavy (non-hydrogen) atoms. The molecular weight excluding hydrogens is 212 g/mol. The lowest BCUT2D eigenvalue weighted by molar-refractivity contribution is 0.422. The van der Waals surface area contributed by atoms with Crippen LogP contribution in [0.1, 0.15) is 43.8 Å². The van der Waals surface area contributed by atoms with Crippen LogP contribution in [0.5, 0.6) is 5.75 Å². The van der Waals surface area contributed by atoms with Gasteiger partial charge in [-0.25, -0.2) is 4.98 Å². The van der Waals surface area contributed by atoms with Crippen LogP contribution in [-0.4, -0.2) is 14.7 Å². The van der Waals surface area contributed by atoms with E-state index in [1.54, 1.807) is 6.07 Å². The minimum atomic E-state index is 0.333. The Kier molecular flexibility index (Phi) is 2.54. The summed E-state index contributed by atoms with van der Waals surface area (Å²) < 4.78 is 2.07. The summed E-state index contributed by atoms with van der Waals surface area (Å²) >= 11 is 0. The first-order valence-corrected chi connectivity index (χ1v) is 6.41. The number of aryl methyl sites for hydroxylation is 1. The van der Waals surface area contributed by atoms with Crippen LogP contribution in [0.15, 0.2) is 18.2 Å². The maximum atomic E-state index is 9.90. The molecule has 1 fully saturated rings. The highest BCUT2D eigenvalue weighted by atomic mass is 16.3. The van der Waals surface area contributed by atoms with E-state index in [2.05, 4.69) is 4.57 Å². The Morgan fingerprint density at radius 2 is 2.00 bits per heavy atom. The van der Waals surface area contributed by atoms with Crippen molar-refractivity contribution in [3.05, 3.63) is 24.0 Å². The van der Waals surface area contributed by atoms with Crippen LogP contribution < -0.4 is 0 Å². The molecule has 0 unspecified atom stereocenters. The van der Waals surface area contributed by atoms with E-state index in [4.69, 9.17) is 4.98 Å². The maximum absolute atomic E-state index is 9.90. The first kappa shape index (κ1) is 10.6. The Morgan fingerprint density at radius 3 is 2.71 bits per heavy atom. The number of rotatable bonds is 1. The Morgan fingerprint density at radius 1 is 1.24 bits per heavy atom. The predicted molar refractivity (Wildman–Crippen MR) is 68.2 cm³/mol. The molecule has 1 heterocycles. The van der Waals surface area contributed by atoms with Crippen molar-refractivity contribution >= 4 is 11.0 Å². The van der Waals surface area contributed by atoms with Gasteiger partial charge in [-0.3, -0.25) is 0 Å². The molecule has 2 aromatic rings. The average molecular weight is 230 g/mol. The summed E-state index contributed by atoms with van der Waals surface area (Å²) in [5.41, 5.74) is 1.78. The molecule has 0 saturated heterocycles. The predicted octanol–water partition coefficient (Wildman–Crippen LogP) is 3.33. The largest absolute Gasteiger partial charge is 0.506 e. The molecule has 0 aliphatic heterocycles. The molecule has 90 valence electrons. The normalized spacial score (nSPS) is 17.7. The zero-order valence-corrected chi connectivity index (χ0v) is 10.2. The number of hydrogen-bond acceptors (Lipinski definition) is 2. The molecule has 0 atom stereocenters. The van der Waals surface area contributed by atoms with E-state index in [1.807, 2.05) is 19.2 Å². The molecule has 3 nitrogen and oxygen atoms in total. The van der Waals surface area contributed by atoms with E-state index in [1.165, 1.54) is 32.1 Å². The Balaban J connectivity index is 2.10. The van der Waals surface area contributed by atoms with Crippen molar-refractivity contribution in [3.8, 4) is 5.75 Å². The first-order chi connectivity index (χ1) is 8.27. The summed E-state index contributed by atoms with van der Waals surface area (Å²) in [6.45, 7) is 0. The Bertz CT molecular complexity index is 538. The number of phenolic OH excluding ortho intramolecular Hbond substituents is 1. The fourth-order valence-electron chi connectivity index (χ4n) is 2.99. The van der Waals surface area contributed by atoms with Crippen LogP contribution in [0.25, 0.3) is 11.0 Å². The highest BCUT2D eigenvalue weighted by Gasteiger charge is 2.21. The van der Waals surface area contributed by atoms with E-state index in [9.17, 15) is 5.11 Å². The Hall–Kier alpha value is -1.51. The molecule has 0 radical (unpaired) electrons. The molecule has 1 aromatic heterocycles. The molecule has 1 aromatic carbocycles. The van der Waals surface area contributed by atoms with Crippen molar-refractivity contribution in [2.24, 2.45) is 7.05 Å². The summed E-state index contributed by atoms with van der Waals surface area (Å²) in [6, 6.07) is 5.56. The van der Waals surface area contributed by atoms with Gasteiger partial charge in [0.1, 0.15) is 17.1 Å². The second kappa shape index (κ2) is 4.06. The van der Waals surface area contributed by atoms with Gasteiger partial charge in [0.25, 0.3) is 0 Å². The van der Waals surface area contributed by atoms with Crippen LogP contribution in [0.4, 0.5) is 0 Å². The van der Waals surface area contributed by atoms with E-state index in [-0.39, 0.29) is 0 Å². The van der Waals surface area contributed by atoms with Gasteiger partial charge in [-0.1, -0.05) is 25.3 Å². The van der Waals surface area contributed by atoms with Gasteiger partial charge in [-0.05, 0) is 25.0 Å². The number of imidazole rings is 1. The molecule has 0 bridgehead atoms. The van der Waals surface area contributed by atoms with Gasteiger partial charge < -0.3 is 9.67 Å². The average Bonchev–Trinajstić information content (AvgIpc) is 2.69. The second-order valence-electron chi connectivity index (χ2n) is 5.01. The number of aromatic hydroxyl groups is 1. The molecule has 0 amide bonds. The van der Waals surface area contributed by atoms with Crippen molar-refractivity contribution < 1.29 is 5.11 Å². The van der Waals surface area contributed by atoms with Crippen LogP contribution >= 0.6 is 0 Å². The number of para-hydroxylation sites is 1. The highest BCUT2D eigenvalue weighted by molar-refractivity contribution is 5.82. The minimum absolute atomic E-state index is 0.333. The minimum Gasteiger partial charge on any atom is -0.506 e. The van der Waals surface area contributed by atoms with Gasteiger partial charge in [0.15, 0.2) is 0 Å². The van der Waals surface area contributed by atoms with E-state index < -0.39 is 0 Å². The van der Waals surface area contributed by atoms with Crippen molar-refractivity contribution in [2.75, 3.05) is 0 Å². The summed E-state index contributed by atoms with van der Waals surface area (Å²) in [5, 5.41) is 9.90. The molecule has 3 heteroatoms. The molecule has 1 N–H and O–H groups in total. The quantitative estimate of drug-likeness (QED) is 0.816. The SMILES string of the molecule is Cn1c(C2CCCCC2)nc2cccc(O)c21. The third kappa shape index (κ3) is 1.70. The van der Waals surface area contributed by atoms with Crippen molar-refractivity contribution in [3.63, 3.8) is 0 Å². The lowest BCUT2D eigenvalue weighted by Crippen LogP contribution is -2.10. The number of hydrogen-bond donors (Lipinski definition) is 1. The van der Waals surface area contributed by atoms with Gasteiger partial charge >= 0.3 is 0 Å². The fraction of sp³-hybridized carbons (Fsp3) is 0.500. The van der Waals surface area contributed by atoms with Crippen molar-refractivity contribution in [1.82, 2.24) is 9.55 Å². The standard InChI is InChI=1S/C14H18N2O/c1-16-13-11(8-5-9-12(13)17)15-14(16)10-6-3-2-4-7-10/h5,8-10,17H,2-4,6-7H2,1H3. The van der Waals surface area contributed by atoms with Gasteiger partial charge in [0.2, 0.25) is 0 Å². The van der Waals surface area contributed by atoms with E-state index >= 15 is 0 Å². The number of benzene rings is 1. The molecule has 1 aliphatic rings. The van der Waals surface area contributed by atoms with Crippen LogP contribution in [-0.2, 0) is 7.05 Å². The number of aromatic nitrogens is 2. The topological polar surface area (TPSA) is 38.0 Å². The second-order valence-corrected chi connectivity index (χ2v) is 5.01. The van der Waals surface area contributed by atoms with Gasteiger partial charge in [0.05, 0.1) is 5.52 Å². The van der Waals surface area contributed by atoms with Gasteiger partial charge in [-0.15, -0.1) is 0 Å². The summed E-state index contributed by atoms with van der Waals surface area (Å²) in [6.07, 6.45) is 6.43. The zero-order chi connectivity index (χ0) is 11.8. The monoisotopic (exact) mass is 230 g/mol. The fourth-order valence-corrected chi connectivity index (χ4v) is 2.99. The van der Waals surface area contributed by atoms with Crippen molar-refractivity contribution in [2.45, 2.75) is 38.0 Å². The van der Waals surface area contributed by atoms with E-state index in [0.29, 0.717) is 11.7 Å². The zero-order valence-electron chi connectivity index (χ0n) is 10.2. The van der Waals surface area contributed by atoms with E-state index in [0.717, 1.165) is 16.9 Å². The van der Waals surface area contributed by atoms with Crippen LogP contribution in [0.3, 0.4) is 0 Å². The lowest BCUT2D eigenvalue weighted by Gasteiger charge is -2.21. The number of fused-ring (bicyclic) bond motifs is 1. The van der Waals surface area contributed by atoms with Gasteiger partial charge in [0, 0.05) is 13.0 Å². The van der Waals surface area contributed by atoms with Crippen molar-refractivity contribution in [1.29, 1.82) is 0 Å². The van der Waals surface area contributed by atoms with Crippen LogP contribution in [0, 0.1) is 0 Å². The van der Waals surface area contributed by atoms with Crippen LogP contribution in [0.2, 0.25) is 0 Å². The number of phenols is 1. The first-order valence-electron chi connectivity index (χ1n) is 6.41. The smallest absolute Gasteiger partial charge is 0.141 e. The molecule has 1 aliphatic carbocycles.